The zero-order valence-electron chi connectivity index (χ0n) is 17.0. The topological polar surface area (TPSA) is 72.2 Å². The number of nitrogens with one attached hydrogen (secondary N) is 1. The van der Waals surface area contributed by atoms with Crippen LogP contribution < -0.4 is 5.43 Å². The molecule has 1 aromatic heterocycles. The molecule has 0 spiro atoms. The van der Waals surface area contributed by atoms with Crippen molar-refractivity contribution in [3.05, 3.63) is 93.4 Å². The van der Waals surface area contributed by atoms with Gasteiger partial charge in [-0.05, 0) is 30.3 Å². The van der Waals surface area contributed by atoms with Crippen molar-refractivity contribution in [3.8, 4) is 17.1 Å². The van der Waals surface area contributed by atoms with Crippen molar-refractivity contribution in [2.75, 3.05) is 5.75 Å². The van der Waals surface area contributed by atoms with E-state index in [4.69, 9.17) is 34.8 Å². The van der Waals surface area contributed by atoms with Gasteiger partial charge in [-0.3, -0.25) is 9.36 Å². The van der Waals surface area contributed by atoms with Gasteiger partial charge in [0.25, 0.3) is 5.91 Å². The zero-order chi connectivity index (χ0) is 23.2. The molecule has 4 rings (SSSR count). The molecule has 0 bridgehead atoms. The van der Waals surface area contributed by atoms with Gasteiger partial charge in [-0.25, -0.2) is 5.43 Å². The van der Waals surface area contributed by atoms with Crippen LogP contribution in [0.3, 0.4) is 0 Å². The first-order chi connectivity index (χ1) is 16.0. The Hall–Kier alpha value is -2.84. The van der Waals surface area contributed by atoms with Crippen molar-refractivity contribution in [2.45, 2.75) is 5.16 Å². The second-order valence-electron chi connectivity index (χ2n) is 6.71. The summed E-state index contributed by atoms with van der Waals surface area (Å²) in [5.74, 6) is 0.442. The fourth-order valence-electron chi connectivity index (χ4n) is 2.92. The van der Waals surface area contributed by atoms with Gasteiger partial charge in [-0.2, -0.15) is 5.10 Å². The van der Waals surface area contributed by atoms with Crippen molar-refractivity contribution < 1.29 is 4.79 Å². The summed E-state index contributed by atoms with van der Waals surface area (Å²) in [5.41, 5.74) is 4.83. The molecule has 0 unspecified atom stereocenters. The smallest absolute Gasteiger partial charge is 0.250 e. The normalized spacial score (nSPS) is 11.1. The van der Waals surface area contributed by atoms with Crippen LogP contribution in [0.1, 0.15) is 5.56 Å². The lowest BCUT2D eigenvalue weighted by Gasteiger charge is -2.10. The monoisotopic (exact) mass is 515 g/mol. The third kappa shape index (κ3) is 5.75. The van der Waals surface area contributed by atoms with Gasteiger partial charge in [0.2, 0.25) is 0 Å². The molecule has 166 valence electrons. The van der Waals surface area contributed by atoms with Crippen LogP contribution in [0, 0.1) is 0 Å². The van der Waals surface area contributed by atoms with Gasteiger partial charge in [0.1, 0.15) is 0 Å². The Bertz CT molecular complexity index is 1290. The number of benzene rings is 3. The summed E-state index contributed by atoms with van der Waals surface area (Å²) in [6, 6.07) is 22.2. The first kappa shape index (κ1) is 23.3. The van der Waals surface area contributed by atoms with Crippen LogP contribution in [0.5, 0.6) is 0 Å². The number of halogens is 3. The summed E-state index contributed by atoms with van der Waals surface area (Å²) in [6.45, 7) is 0. The SMILES string of the molecule is O=C(CSc1nnc(-c2ccccc2)n1-c1ccc(Cl)cc1)NN=Cc1cccc(Cl)c1Cl. The number of amides is 1. The van der Waals surface area contributed by atoms with Crippen LogP contribution in [0.25, 0.3) is 17.1 Å². The first-order valence-corrected chi connectivity index (χ1v) is 11.8. The van der Waals surface area contributed by atoms with Crippen molar-refractivity contribution in [1.29, 1.82) is 0 Å². The van der Waals surface area contributed by atoms with E-state index in [2.05, 4.69) is 20.7 Å². The summed E-state index contributed by atoms with van der Waals surface area (Å²) in [5, 5.41) is 14.6. The molecule has 4 aromatic rings. The molecular weight excluding hydrogens is 501 g/mol. The van der Waals surface area contributed by atoms with Gasteiger partial charge in [0.05, 0.1) is 22.0 Å². The Morgan fingerprint density at radius 2 is 1.73 bits per heavy atom. The summed E-state index contributed by atoms with van der Waals surface area (Å²) in [7, 11) is 0. The Morgan fingerprint density at radius 1 is 0.970 bits per heavy atom. The standard InChI is InChI=1S/C23H16Cl3N5OS/c24-17-9-11-18(12-10-17)31-22(15-5-2-1-3-6-15)29-30-23(31)33-14-20(32)28-27-13-16-7-4-8-19(25)21(16)26/h1-13H,14H2,(H,28,32). The van der Waals surface area contributed by atoms with Crippen LogP contribution in [-0.4, -0.2) is 32.6 Å². The second-order valence-corrected chi connectivity index (χ2v) is 8.87. The molecule has 0 atom stereocenters. The Morgan fingerprint density at radius 3 is 2.48 bits per heavy atom. The number of carbonyl (C=O) groups excluding carboxylic acids is 1. The number of thioether (sulfide) groups is 1. The summed E-state index contributed by atoms with van der Waals surface area (Å²) in [4.78, 5) is 12.3. The van der Waals surface area contributed by atoms with Gasteiger partial charge in [-0.1, -0.05) is 89.0 Å². The van der Waals surface area contributed by atoms with E-state index < -0.39 is 0 Å². The molecule has 0 radical (unpaired) electrons. The molecule has 1 heterocycles. The summed E-state index contributed by atoms with van der Waals surface area (Å²) >= 11 is 19.4. The molecule has 1 N–H and O–H groups in total. The number of carbonyl (C=O) groups is 1. The number of hydrogen-bond donors (Lipinski definition) is 1. The number of hydrogen-bond acceptors (Lipinski definition) is 5. The average Bonchev–Trinajstić information content (AvgIpc) is 3.25. The summed E-state index contributed by atoms with van der Waals surface area (Å²) < 4.78 is 1.89. The van der Waals surface area contributed by atoms with Crippen LogP contribution in [-0.2, 0) is 4.79 Å². The third-order valence-corrected chi connectivity index (χ3v) is 6.47. The van der Waals surface area contributed by atoms with E-state index in [1.807, 2.05) is 47.0 Å². The maximum Gasteiger partial charge on any atom is 0.250 e. The molecule has 10 heteroatoms. The highest BCUT2D eigenvalue weighted by atomic mass is 35.5. The number of rotatable bonds is 7. The Labute approximate surface area is 209 Å². The minimum Gasteiger partial charge on any atom is -0.272 e. The van der Waals surface area contributed by atoms with Crippen LogP contribution in [0.2, 0.25) is 15.1 Å². The van der Waals surface area contributed by atoms with E-state index >= 15 is 0 Å². The number of nitrogens with zero attached hydrogens (tertiary/aromatic N) is 4. The molecule has 1 amide bonds. The van der Waals surface area contributed by atoms with Crippen LogP contribution in [0.4, 0.5) is 0 Å². The highest BCUT2D eigenvalue weighted by Gasteiger charge is 2.17. The van der Waals surface area contributed by atoms with Gasteiger partial charge < -0.3 is 0 Å². The highest BCUT2D eigenvalue weighted by Crippen LogP contribution is 2.28. The van der Waals surface area contributed by atoms with Crippen LogP contribution >= 0.6 is 46.6 Å². The van der Waals surface area contributed by atoms with Crippen molar-refractivity contribution >= 4 is 58.7 Å². The number of hydrazone groups is 1. The van der Waals surface area contributed by atoms with Crippen molar-refractivity contribution in [3.63, 3.8) is 0 Å². The summed E-state index contributed by atoms with van der Waals surface area (Å²) in [6.07, 6.45) is 1.44. The first-order valence-electron chi connectivity index (χ1n) is 9.68. The largest absolute Gasteiger partial charge is 0.272 e. The molecule has 0 aliphatic heterocycles. The molecule has 33 heavy (non-hydrogen) atoms. The van der Waals surface area contributed by atoms with Crippen LogP contribution in [0.15, 0.2) is 83.1 Å². The fraction of sp³-hybridized carbons (Fsp3) is 0.0435. The minimum absolute atomic E-state index is 0.0845. The predicted octanol–water partition coefficient (Wildman–Crippen LogP) is 6.14. The van der Waals surface area contributed by atoms with E-state index in [9.17, 15) is 4.79 Å². The maximum atomic E-state index is 12.3. The molecule has 0 saturated heterocycles. The van der Waals surface area contributed by atoms with Gasteiger partial charge in [-0.15, -0.1) is 10.2 Å². The minimum atomic E-state index is -0.304. The molecule has 0 saturated carbocycles. The fourth-order valence-corrected chi connectivity index (χ4v) is 4.14. The second kappa shape index (κ2) is 10.9. The van der Waals surface area contributed by atoms with Gasteiger partial charge >= 0.3 is 0 Å². The lowest BCUT2D eigenvalue weighted by atomic mass is 10.2. The molecule has 3 aromatic carbocycles. The molecule has 0 aliphatic rings. The third-order valence-electron chi connectivity index (χ3n) is 4.46. The Balaban J connectivity index is 1.50. The lowest BCUT2D eigenvalue weighted by Crippen LogP contribution is -2.20. The molecule has 0 fully saturated rings. The predicted molar refractivity (Wildman–Crippen MR) is 135 cm³/mol. The average molecular weight is 517 g/mol. The van der Waals surface area contributed by atoms with E-state index in [1.165, 1.54) is 18.0 Å². The highest BCUT2D eigenvalue weighted by molar-refractivity contribution is 7.99. The van der Waals surface area contributed by atoms with E-state index in [1.54, 1.807) is 30.3 Å². The van der Waals surface area contributed by atoms with E-state index in [0.717, 1.165) is 11.3 Å². The zero-order valence-corrected chi connectivity index (χ0v) is 20.0. The molecular formula is C23H16Cl3N5OS. The maximum absolute atomic E-state index is 12.3. The molecule has 0 aliphatic carbocycles. The van der Waals surface area contributed by atoms with E-state index in [-0.39, 0.29) is 11.7 Å². The van der Waals surface area contributed by atoms with Gasteiger partial charge in [0.15, 0.2) is 11.0 Å². The van der Waals surface area contributed by atoms with Crippen molar-refractivity contribution in [2.24, 2.45) is 5.10 Å². The Kier molecular flexibility index (Phi) is 7.67. The lowest BCUT2D eigenvalue weighted by molar-refractivity contribution is -0.118. The molecule has 6 nitrogen and oxygen atoms in total. The van der Waals surface area contributed by atoms with Gasteiger partial charge in [0, 0.05) is 21.8 Å². The number of aromatic nitrogens is 3. The van der Waals surface area contributed by atoms with Crippen molar-refractivity contribution in [1.82, 2.24) is 20.2 Å². The van der Waals surface area contributed by atoms with E-state index in [0.29, 0.717) is 31.6 Å². The quantitative estimate of drug-likeness (QED) is 0.182.